The average Bonchev–Trinajstić information content (AvgIpc) is 2.61. The molecule has 2 saturated carbocycles. The molecule has 0 N–H and O–H groups in total. The van der Waals surface area contributed by atoms with Crippen molar-refractivity contribution in [2.75, 3.05) is 0 Å². The molecule has 2 heteroatoms. The van der Waals surface area contributed by atoms with Crippen molar-refractivity contribution in [3.05, 3.63) is 0 Å². The summed E-state index contributed by atoms with van der Waals surface area (Å²) in [6.07, 6.45) is 5.08. The second-order valence-corrected chi connectivity index (χ2v) is 4.37. The van der Waals surface area contributed by atoms with Crippen LogP contribution in [-0.2, 0) is 9.59 Å². The molecule has 0 aromatic rings. The predicted molar refractivity (Wildman–Crippen MR) is 44.6 cm³/mol. The van der Waals surface area contributed by atoms with E-state index in [4.69, 9.17) is 0 Å². The highest BCUT2D eigenvalue weighted by Gasteiger charge is 2.55. The Morgan fingerprint density at radius 1 is 1.42 bits per heavy atom. The van der Waals surface area contributed by atoms with Gasteiger partial charge in [0.1, 0.15) is 12.6 Å². The first-order valence-electron chi connectivity index (χ1n) is 4.65. The highest BCUT2D eigenvalue weighted by molar-refractivity contribution is 5.71. The number of hydrogen-bond donors (Lipinski definition) is 0. The molecule has 0 aliphatic heterocycles. The molecule has 0 aromatic carbocycles. The number of carbonyl (C=O) groups is 2. The maximum absolute atomic E-state index is 10.9. The average molecular weight is 166 g/mol. The Balaban J connectivity index is 2.33. The lowest BCUT2D eigenvalue weighted by molar-refractivity contribution is -0.125. The van der Waals surface area contributed by atoms with E-state index in [1.807, 2.05) is 0 Å². The molecule has 0 aromatic heterocycles. The van der Waals surface area contributed by atoms with Gasteiger partial charge in [0.25, 0.3) is 0 Å². The van der Waals surface area contributed by atoms with Gasteiger partial charge < -0.3 is 9.59 Å². The van der Waals surface area contributed by atoms with E-state index in [1.165, 1.54) is 0 Å². The van der Waals surface area contributed by atoms with Gasteiger partial charge in [-0.25, -0.2) is 0 Å². The molecule has 4 atom stereocenters. The van der Waals surface area contributed by atoms with Crippen LogP contribution in [0, 0.1) is 23.2 Å². The molecular formula is C10H14O2. The van der Waals surface area contributed by atoms with Gasteiger partial charge in [-0.05, 0) is 31.1 Å². The summed E-state index contributed by atoms with van der Waals surface area (Å²) in [5.41, 5.74) is -0.258. The monoisotopic (exact) mass is 166 g/mol. The van der Waals surface area contributed by atoms with Crippen LogP contribution in [0.15, 0.2) is 0 Å². The van der Waals surface area contributed by atoms with Crippen LogP contribution in [0.25, 0.3) is 0 Å². The fourth-order valence-electron chi connectivity index (χ4n) is 3.16. The minimum Gasteiger partial charge on any atom is -0.303 e. The minimum atomic E-state index is -0.258. The summed E-state index contributed by atoms with van der Waals surface area (Å²) < 4.78 is 0. The zero-order valence-electron chi connectivity index (χ0n) is 7.32. The van der Waals surface area contributed by atoms with E-state index in [9.17, 15) is 9.59 Å². The molecule has 2 fully saturated rings. The van der Waals surface area contributed by atoms with Crippen LogP contribution in [0.5, 0.6) is 0 Å². The van der Waals surface area contributed by atoms with E-state index < -0.39 is 0 Å². The zero-order chi connectivity index (χ0) is 8.77. The Morgan fingerprint density at radius 3 is 2.67 bits per heavy atom. The molecule has 4 unspecified atom stereocenters. The first kappa shape index (κ1) is 7.96. The third kappa shape index (κ3) is 0.755. The van der Waals surface area contributed by atoms with Crippen molar-refractivity contribution < 1.29 is 9.59 Å². The van der Waals surface area contributed by atoms with Crippen molar-refractivity contribution in [1.82, 2.24) is 0 Å². The van der Waals surface area contributed by atoms with Crippen molar-refractivity contribution >= 4 is 12.6 Å². The zero-order valence-corrected chi connectivity index (χ0v) is 7.32. The normalized spacial score (nSPS) is 50.9. The first-order chi connectivity index (χ1) is 5.73. The Hall–Kier alpha value is -0.660. The van der Waals surface area contributed by atoms with Gasteiger partial charge in [-0.2, -0.15) is 0 Å². The molecule has 66 valence electrons. The molecule has 0 amide bonds. The van der Waals surface area contributed by atoms with Crippen LogP contribution < -0.4 is 0 Å². The molecule has 2 rings (SSSR count). The molecule has 2 aliphatic carbocycles. The number of hydrogen-bond acceptors (Lipinski definition) is 2. The molecule has 0 saturated heterocycles. The maximum atomic E-state index is 10.9. The summed E-state index contributed by atoms with van der Waals surface area (Å²) in [5, 5.41) is 0. The first-order valence-corrected chi connectivity index (χ1v) is 4.65. The van der Waals surface area contributed by atoms with Gasteiger partial charge in [0, 0.05) is 11.3 Å². The molecule has 0 heterocycles. The van der Waals surface area contributed by atoms with Crippen molar-refractivity contribution in [2.45, 2.75) is 26.2 Å². The topological polar surface area (TPSA) is 34.1 Å². The van der Waals surface area contributed by atoms with Gasteiger partial charge in [0.05, 0.1) is 0 Å². The third-order valence-corrected chi connectivity index (χ3v) is 3.98. The summed E-state index contributed by atoms with van der Waals surface area (Å²) in [5.74, 6) is 1.07. The van der Waals surface area contributed by atoms with E-state index in [0.717, 1.165) is 31.8 Å². The van der Waals surface area contributed by atoms with E-state index in [2.05, 4.69) is 6.92 Å². The van der Waals surface area contributed by atoms with Gasteiger partial charge >= 0.3 is 0 Å². The summed E-state index contributed by atoms with van der Waals surface area (Å²) in [6.45, 7) is 2.11. The van der Waals surface area contributed by atoms with E-state index in [0.29, 0.717) is 11.8 Å². The number of carbonyl (C=O) groups excluding carboxylic acids is 2. The lowest BCUT2D eigenvalue weighted by atomic mass is 9.72. The molecule has 0 radical (unpaired) electrons. The molecular weight excluding hydrogens is 152 g/mol. The van der Waals surface area contributed by atoms with Crippen molar-refractivity contribution in [2.24, 2.45) is 23.2 Å². The van der Waals surface area contributed by atoms with Gasteiger partial charge in [0.2, 0.25) is 0 Å². The molecule has 0 spiro atoms. The van der Waals surface area contributed by atoms with Gasteiger partial charge in [-0.3, -0.25) is 0 Å². The number of aldehydes is 2. The van der Waals surface area contributed by atoms with E-state index >= 15 is 0 Å². The van der Waals surface area contributed by atoms with E-state index in [1.54, 1.807) is 0 Å². The third-order valence-electron chi connectivity index (χ3n) is 3.98. The quantitative estimate of drug-likeness (QED) is 0.582. The lowest BCUT2D eigenvalue weighted by Gasteiger charge is -2.29. The number of fused-ring (bicyclic) bond motifs is 2. The van der Waals surface area contributed by atoms with Gasteiger partial charge in [-0.15, -0.1) is 0 Å². The largest absolute Gasteiger partial charge is 0.303 e. The van der Waals surface area contributed by atoms with Gasteiger partial charge in [0.15, 0.2) is 0 Å². The fraction of sp³-hybridized carbons (Fsp3) is 0.800. The maximum Gasteiger partial charge on any atom is 0.126 e. The second kappa shape index (κ2) is 2.41. The Bertz CT molecular complexity index is 224. The van der Waals surface area contributed by atoms with Crippen molar-refractivity contribution in [3.63, 3.8) is 0 Å². The highest BCUT2D eigenvalue weighted by atomic mass is 16.1. The highest BCUT2D eigenvalue weighted by Crippen LogP contribution is 2.58. The smallest absolute Gasteiger partial charge is 0.126 e. The van der Waals surface area contributed by atoms with Crippen LogP contribution in [0.4, 0.5) is 0 Å². The Labute approximate surface area is 72.3 Å². The Kier molecular flexibility index (Phi) is 1.60. The van der Waals surface area contributed by atoms with Gasteiger partial charge in [-0.1, -0.05) is 6.92 Å². The number of rotatable bonds is 2. The van der Waals surface area contributed by atoms with Crippen LogP contribution in [0.1, 0.15) is 26.2 Å². The SMILES string of the molecule is CC1C2CCC(C=O)(C2)C1C=O. The lowest BCUT2D eigenvalue weighted by Crippen LogP contribution is -2.32. The van der Waals surface area contributed by atoms with E-state index in [-0.39, 0.29) is 11.3 Å². The van der Waals surface area contributed by atoms with Crippen LogP contribution in [0.3, 0.4) is 0 Å². The van der Waals surface area contributed by atoms with Crippen LogP contribution in [-0.4, -0.2) is 12.6 Å². The molecule has 12 heavy (non-hydrogen) atoms. The molecule has 2 aliphatic rings. The molecule has 2 nitrogen and oxygen atoms in total. The van der Waals surface area contributed by atoms with Crippen molar-refractivity contribution in [1.29, 1.82) is 0 Å². The summed E-state index contributed by atoms with van der Waals surface area (Å²) in [7, 11) is 0. The fourth-order valence-corrected chi connectivity index (χ4v) is 3.16. The predicted octanol–water partition coefficient (Wildman–Crippen LogP) is 1.44. The summed E-state index contributed by atoms with van der Waals surface area (Å²) in [4.78, 5) is 21.8. The van der Waals surface area contributed by atoms with Crippen LogP contribution in [0.2, 0.25) is 0 Å². The minimum absolute atomic E-state index is 0.00810. The van der Waals surface area contributed by atoms with Crippen LogP contribution >= 0.6 is 0 Å². The summed E-state index contributed by atoms with van der Waals surface area (Å²) in [6, 6.07) is 0. The van der Waals surface area contributed by atoms with Crippen molar-refractivity contribution in [3.8, 4) is 0 Å². The standard InChI is InChI=1S/C10H14O2/c1-7-8-2-3-10(4-8,6-12)9(7)5-11/h5-9H,2-4H2,1H3. The Morgan fingerprint density at radius 2 is 2.17 bits per heavy atom. The second-order valence-electron chi connectivity index (χ2n) is 4.37. The molecule has 2 bridgehead atoms. The summed E-state index contributed by atoms with van der Waals surface area (Å²) >= 11 is 0.